The first-order valence-corrected chi connectivity index (χ1v) is 9.11. The Kier molecular flexibility index (Phi) is 4.22. The van der Waals surface area contributed by atoms with Crippen LogP contribution in [0.25, 0.3) is 22.1 Å². The number of anilines is 1. The van der Waals surface area contributed by atoms with E-state index in [1.54, 1.807) is 12.1 Å². The summed E-state index contributed by atoms with van der Waals surface area (Å²) in [4.78, 5) is 30.3. The standard InChI is InChI=1S/C19H14N4O3S/c1-2-12-7-11(8-20)18(27-12)22-15(24)9-23-10-21-16-13-5-3-4-6-14(13)26-17(16)19(23)25/h3-7,10H,2,9H2,1H3,(H,22,24). The van der Waals surface area contributed by atoms with Crippen LogP contribution in [0.3, 0.4) is 0 Å². The number of hydrogen-bond donors (Lipinski definition) is 1. The molecule has 0 spiro atoms. The van der Waals surface area contributed by atoms with E-state index in [-0.39, 0.29) is 12.1 Å². The van der Waals surface area contributed by atoms with Crippen molar-refractivity contribution >= 4 is 44.3 Å². The first kappa shape index (κ1) is 17.0. The monoisotopic (exact) mass is 378 g/mol. The molecule has 0 aliphatic rings. The average molecular weight is 378 g/mol. The predicted molar refractivity (Wildman–Crippen MR) is 103 cm³/mol. The largest absolute Gasteiger partial charge is 0.448 e. The number of hydrogen-bond acceptors (Lipinski definition) is 6. The number of amides is 1. The number of carbonyl (C=O) groups is 1. The molecule has 1 aromatic carbocycles. The summed E-state index contributed by atoms with van der Waals surface area (Å²) in [5.74, 6) is -0.407. The van der Waals surface area contributed by atoms with Gasteiger partial charge in [-0.1, -0.05) is 19.1 Å². The highest BCUT2D eigenvalue weighted by molar-refractivity contribution is 7.16. The molecule has 8 heteroatoms. The van der Waals surface area contributed by atoms with E-state index in [1.807, 2.05) is 25.1 Å². The van der Waals surface area contributed by atoms with Crippen LogP contribution >= 0.6 is 11.3 Å². The molecule has 134 valence electrons. The Morgan fingerprint density at radius 2 is 2.22 bits per heavy atom. The van der Waals surface area contributed by atoms with Gasteiger partial charge in [-0.25, -0.2) is 4.98 Å². The molecule has 27 heavy (non-hydrogen) atoms. The van der Waals surface area contributed by atoms with Crippen LogP contribution in [-0.4, -0.2) is 15.5 Å². The minimum absolute atomic E-state index is 0.119. The topological polar surface area (TPSA) is 101 Å². The summed E-state index contributed by atoms with van der Waals surface area (Å²) < 4.78 is 6.80. The second kappa shape index (κ2) is 6.70. The van der Waals surface area contributed by atoms with Crippen molar-refractivity contribution in [2.24, 2.45) is 0 Å². The van der Waals surface area contributed by atoms with Gasteiger partial charge in [-0.15, -0.1) is 11.3 Å². The summed E-state index contributed by atoms with van der Waals surface area (Å²) in [6, 6.07) is 11.1. The molecule has 0 fully saturated rings. The molecular weight excluding hydrogens is 364 g/mol. The van der Waals surface area contributed by atoms with Crippen molar-refractivity contribution in [3.8, 4) is 6.07 Å². The lowest BCUT2D eigenvalue weighted by molar-refractivity contribution is -0.116. The Hall–Kier alpha value is -3.44. The van der Waals surface area contributed by atoms with Crippen LogP contribution in [0, 0.1) is 11.3 Å². The van der Waals surface area contributed by atoms with Crippen LogP contribution in [0.5, 0.6) is 0 Å². The number of benzene rings is 1. The fourth-order valence-electron chi connectivity index (χ4n) is 2.84. The van der Waals surface area contributed by atoms with Crippen LogP contribution in [0.1, 0.15) is 17.4 Å². The zero-order valence-corrected chi connectivity index (χ0v) is 15.2. The van der Waals surface area contributed by atoms with Crippen molar-refractivity contribution in [3.63, 3.8) is 0 Å². The molecule has 0 aliphatic heterocycles. The smallest absolute Gasteiger partial charge is 0.297 e. The van der Waals surface area contributed by atoms with E-state index >= 15 is 0 Å². The second-order valence-corrected chi connectivity index (χ2v) is 7.06. The maximum atomic E-state index is 12.7. The van der Waals surface area contributed by atoms with Gasteiger partial charge in [-0.2, -0.15) is 5.26 Å². The Morgan fingerprint density at radius 3 is 3.00 bits per heavy atom. The lowest BCUT2D eigenvalue weighted by Crippen LogP contribution is -2.27. The third-order valence-electron chi connectivity index (χ3n) is 4.17. The third kappa shape index (κ3) is 2.98. The van der Waals surface area contributed by atoms with E-state index < -0.39 is 11.5 Å². The van der Waals surface area contributed by atoms with E-state index in [4.69, 9.17) is 4.42 Å². The molecule has 0 atom stereocenters. The van der Waals surface area contributed by atoms with Crippen molar-refractivity contribution < 1.29 is 9.21 Å². The molecule has 4 rings (SSSR count). The Labute approximate surface area is 157 Å². The maximum absolute atomic E-state index is 12.7. The van der Waals surface area contributed by atoms with Gasteiger partial charge in [0.25, 0.3) is 5.56 Å². The summed E-state index contributed by atoms with van der Waals surface area (Å²) in [6.07, 6.45) is 2.12. The molecule has 0 bridgehead atoms. The number of furan rings is 1. The van der Waals surface area contributed by atoms with Gasteiger partial charge in [0.1, 0.15) is 28.7 Å². The number of aromatic nitrogens is 2. The van der Waals surface area contributed by atoms with Crippen LogP contribution < -0.4 is 10.9 Å². The van der Waals surface area contributed by atoms with Crippen LogP contribution in [0.15, 0.2) is 45.9 Å². The first-order valence-electron chi connectivity index (χ1n) is 8.30. The Balaban J connectivity index is 1.63. The number of thiophene rings is 1. The zero-order valence-electron chi connectivity index (χ0n) is 14.4. The van der Waals surface area contributed by atoms with Crippen LogP contribution in [0.2, 0.25) is 0 Å². The third-order valence-corrected chi connectivity index (χ3v) is 5.36. The van der Waals surface area contributed by atoms with E-state index in [1.165, 1.54) is 22.2 Å². The molecule has 1 amide bonds. The van der Waals surface area contributed by atoms with Gasteiger partial charge in [0.15, 0.2) is 0 Å². The first-order chi connectivity index (χ1) is 13.1. The van der Waals surface area contributed by atoms with E-state index in [9.17, 15) is 14.9 Å². The highest BCUT2D eigenvalue weighted by atomic mass is 32.1. The Morgan fingerprint density at radius 1 is 1.41 bits per heavy atom. The number of nitriles is 1. The van der Waals surface area contributed by atoms with Gasteiger partial charge in [0.2, 0.25) is 11.5 Å². The molecule has 3 heterocycles. The summed E-state index contributed by atoms with van der Waals surface area (Å²) in [5.41, 5.74) is 1.16. The van der Waals surface area contributed by atoms with Gasteiger partial charge in [0.05, 0.1) is 11.9 Å². The highest BCUT2D eigenvalue weighted by Crippen LogP contribution is 2.28. The van der Waals surface area contributed by atoms with Gasteiger partial charge in [-0.3, -0.25) is 14.2 Å². The Bertz CT molecular complexity index is 1280. The number of carbonyl (C=O) groups excluding carboxylic acids is 1. The van der Waals surface area contributed by atoms with Crippen molar-refractivity contribution in [2.45, 2.75) is 19.9 Å². The number of fused-ring (bicyclic) bond motifs is 3. The maximum Gasteiger partial charge on any atom is 0.297 e. The zero-order chi connectivity index (χ0) is 19.0. The SMILES string of the molecule is CCc1cc(C#N)c(NC(=O)Cn2cnc3c(oc4ccccc43)c2=O)s1. The molecule has 0 saturated heterocycles. The van der Waals surface area contributed by atoms with E-state index in [2.05, 4.69) is 16.4 Å². The number of rotatable bonds is 4. The number of nitrogens with zero attached hydrogens (tertiary/aromatic N) is 3. The molecule has 0 saturated carbocycles. The summed E-state index contributed by atoms with van der Waals surface area (Å²) in [6.45, 7) is 1.76. The quantitative estimate of drug-likeness (QED) is 0.587. The summed E-state index contributed by atoms with van der Waals surface area (Å²) in [7, 11) is 0. The van der Waals surface area contributed by atoms with Crippen molar-refractivity contribution in [1.29, 1.82) is 5.26 Å². The average Bonchev–Trinajstić information content (AvgIpc) is 3.25. The van der Waals surface area contributed by atoms with Gasteiger partial charge >= 0.3 is 0 Å². The number of para-hydroxylation sites is 1. The highest BCUT2D eigenvalue weighted by Gasteiger charge is 2.16. The molecule has 4 aromatic rings. The van der Waals surface area contributed by atoms with Crippen LogP contribution in [-0.2, 0) is 17.8 Å². The molecule has 1 N–H and O–H groups in total. The second-order valence-electron chi connectivity index (χ2n) is 5.92. The fraction of sp³-hybridized carbons (Fsp3) is 0.158. The molecule has 3 aromatic heterocycles. The number of nitrogens with one attached hydrogen (secondary N) is 1. The fourth-order valence-corrected chi connectivity index (χ4v) is 3.80. The molecule has 0 radical (unpaired) electrons. The van der Waals surface area contributed by atoms with E-state index in [0.717, 1.165) is 16.7 Å². The van der Waals surface area contributed by atoms with Crippen molar-refractivity contribution in [2.75, 3.05) is 5.32 Å². The lowest BCUT2D eigenvalue weighted by Gasteiger charge is -2.05. The minimum atomic E-state index is -0.424. The lowest BCUT2D eigenvalue weighted by atomic mass is 10.2. The summed E-state index contributed by atoms with van der Waals surface area (Å²) in [5, 5.41) is 13.1. The molecule has 7 nitrogen and oxygen atoms in total. The van der Waals surface area contributed by atoms with Crippen LogP contribution in [0.4, 0.5) is 5.00 Å². The van der Waals surface area contributed by atoms with Gasteiger partial charge in [-0.05, 0) is 24.6 Å². The minimum Gasteiger partial charge on any atom is -0.448 e. The van der Waals surface area contributed by atoms with Gasteiger partial charge < -0.3 is 9.73 Å². The molecular formula is C19H14N4O3S. The number of aryl methyl sites for hydroxylation is 1. The predicted octanol–water partition coefficient (Wildman–Crippen LogP) is 3.28. The van der Waals surface area contributed by atoms with Crippen molar-refractivity contribution in [3.05, 3.63) is 57.5 Å². The van der Waals surface area contributed by atoms with E-state index in [0.29, 0.717) is 21.7 Å². The van der Waals surface area contributed by atoms with Gasteiger partial charge in [0, 0.05) is 10.3 Å². The van der Waals surface area contributed by atoms with Crippen molar-refractivity contribution in [1.82, 2.24) is 9.55 Å². The molecule has 0 aliphatic carbocycles. The molecule has 0 unspecified atom stereocenters. The summed E-state index contributed by atoms with van der Waals surface area (Å²) >= 11 is 1.36. The normalized spacial score (nSPS) is 11.0.